The van der Waals surface area contributed by atoms with Crippen LogP contribution in [0.1, 0.15) is 47.5 Å². The van der Waals surface area contributed by atoms with Gasteiger partial charge in [0.2, 0.25) is 0 Å². The first-order valence-corrected chi connectivity index (χ1v) is 28.8. The molecule has 4 saturated heterocycles. The molecule has 75 heavy (non-hydrogen) atoms. The van der Waals surface area contributed by atoms with E-state index >= 15 is 0 Å². The number of nitrogens with zero attached hydrogens (tertiary/aromatic N) is 10. The van der Waals surface area contributed by atoms with Gasteiger partial charge in [-0.25, -0.2) is 0 Å². The fourth-order valence-electron chi connectivity index (χ4n) is 6.40. The first-order chi connectivity index (χ1) is 35.0. The molecule has 4 N–H and O–H groups in total. The van der Waals surface area contributed by atoms with E-state index in [2.05, 4.69) is 156 Å². The van der Waals surface area contributed by atoms with Crippen LogP contribution in [0.25, 0.3) is 0 Å². The molecule has 0 aliphatic carbocycles. The molecular formula is C50H73BBr4N12NaO6S. The number of carbonyl (C=O) groups excluding carboxylic acids is 1. The third-order valence-electron chi connectivity index (χ3n) is 10.8. The molecule has 5 aromatic heterocycles. The summed E-state index contributed by atoms with van der Waals surface area (Å²) in [6.07, 6.45) is 12.7. The summed E-state index contributed by atoms with van der Waals surface area (Å²) < 4.78 is 34.4. The van der Waals surface area contributed by atoms with E-state index < -0.39 is 10.1 Å². The van der Waals surface area contributed by atoms with Crippen molar-refractivity contribution in [2.75, 3.05) is 125 Å². The quantitative estimate of drug-likeness (QED) is 0.110. The van der Waals surface area contributed by atoms with E-state index in [0.29, 0.717) is 23.4 Å². The Balaban J connectivity index is 0.000000879. The second-order valence-corrected chi connectivity index (χ2v) is 22.5. The van der Waals surface area contributed by atoms with Gasteiger partial charge in [0, 0.05) is 156 Å². The molecule has 0 saturated carbocycles. The van der Waals surface area contributed by atoms with Crippen molar-refractivity contribution in [3.63, 3.8) is 0 Å². The average molecular weight is 1320 g/mol. The molecule has 4 aliphatic heterocycles. The van der Waals surface area contributed by atoms with Gasteiger partial charge in [-0.3, -0.25) is 43.7 Å². The zero-order valence-electron chi connectivity index (χ0n) is 44.9. The predicted octanol–water partition coefficient (Wildman–Crippen LogP) is 3.37. The summed E-state index contributed by atoms with van der Waals surface area (Å²) in [6.45, 7) is 17.8. The molecule has 0 amide bonds. The van der Waals surface area contributed by atoms with E-state index in [4.69, 9.17) is 15.6 Å². The standard InChI is InChI=1S/C11H16BrN3.C11H18N4.C7H8BrNO3S.C6H6BrNO.C6H4BrNO.C5H12N2.C4H8O.B.Na.H/c2*1-14-4-6-15(7-5-14)9-11-3-2-10(12)8-13-11;1-13(10,11)12-5-7-3-2-6(8)4-9-7;2*7-5-1-2-6(4-9)8-3-5;1-7-4-2-6-3-5-7;1-2-4-5-3-1;;;/h2-3,8H,4-7,9H2,1H3;2-3,8H,4-7,9,12H2,1H3;2-4H,5H2,1H3;1-3,9H,4H2;1-4H;6H,2-5H2,1H3;1-4H2;;;/q;;;;;;;;+1;-1. The summed E-state index contributed by atoms with van der Waals surface area (Å²) in [5, 5.41) is 11.8. The number of carbonyl (C=O) groups is 1. The fourth-order valence-corrected chi connectivity index (χ4v) is 7.68. The Hall–Kier alpha value is -2.21. The number of ether oxygens (including phenoxy) is 1. The molecule has 18 nitrogen and oxygen atoms in total. The summed E-state index contributed by atoms with van der Waals surface area (Å²) in [6, 6.07) is 18.6. The van der Waals surface area contributed by atoms with Crippen molar-refractivity contribution in [3.05, 3.63) is 138 Å². The number of pyridine rings is 5. The molecule has 0 bridgehead atoms. The maximum atomic E-state index is 10.6. The molecule has 0 aromatic carbocycles. The summed E-state index contributed by atoms with van der Waals surface area (Å²) in [5.74, 6) is 0. The number of aromatic nitrogens is 5. The van der Waals surface area contributed by atoms with Gasteiger partial charge < -0.3 is 37.0 Å². The van der Waals surface area contributed by atoms with Crippen LogP contribution in [0.15, 0.2) is 110 Å². The maximum absolute atomic E-state index is 10.6. The van der Waals surface area contributed by atoms with Gasteiger partial charge in [0.25, 0.3) is 10.1 Å². The van der Waals surface area contributed by atoms with Gasteiger partial charge in [-0.1, -0.05) is 0 Å². The second kappa shape index (κ2) is 41.8. The van der Waals surface area contributed by atoms with E-state index in [1.165, 1.54) is 25.9 Å². The molecule has 407 valence electrons. The van der Waals surface area contributed by atoms with Crippen molar-refractivity contribution in [1.82, 2.24) is 54.7 Å². The van der Waals surface area contributed by atoms with Crippen LogP contribution in [0.5, 0.6) is 0 Å². The number of halogens is 4. The molecule has 0 atom stereocenters. The van der Waals surface area contributed by atoms with Crippen molar-refractivity contribution in [2.24, 2.45) is 0 Å². The van der Waals surface area contributed by atoms with Crippen LogP contribution < -0.4 is 40.6 Å². The van der Waals surface area contributed by atoms with Crippen molar-refractivity contribution < 1.29 is 58.2 Å². The van der Waals surface area contributed by atoms with Crippen LogP contribution >= 0.6 is 63.7 Å². The number of piperazine rings is 3. The van der Waals surface area contributed by atoms with Crippen molar-refractivity contribution >= 4 is 94.2 Å². The molecule has 4 aliphatic rings. The van der Waals surface area contributed by atoms with Gasteiger partial charge >= 0.3 is 29.6 Å². The van der Waals surface area contributed by atoms with Crippen LogP contribution in [0.2, 0.25) is 0 Å². The van der Waals surface area contributed by atoms with Gasteiger partial charge in [0.05, 0.1) is 47.5 Å². The van der Waals surface area contributed by atoms with Crippen LogP contribution in [0, 0.1) is 0 Å². The van der Waals surface area contributed by atoms with Crippen molar-refractivity contribution in [1.29, 1.82) is 0 Å². The Labute approximate surface area is 504 Å². The minimum absolute atomic E-state index is 0. The monoisotopic (exact) mass is 1320 g/mol. The van der Waals surface area contributed by atoms with Crippen LogP contribution in [0.4, 0.5) is 5.69 Å². The number of nitrogen functional groups attached to an aromatic ring is 1. The molecule has 25 heteroatoms. The summed E-state index contributed by atoms with van der Waals surface area (Å²) >= 11 is 13.0. The Morgan fingerprint density at radius 3 is 1.35 bits per heavy atom. The SMILES string of the molecule is C1CCOC1.CN1CCN(Cc2ccc(Br)cn2)CC1.CN1CCN(Cc2ccc(N)cn2)CC1.CN1CCNCC1.CS(=O)(=O)OCc1ccc(Br)cn1.O=Cc1ccc(Br)cn1.OCc1ccc(Br)cn1.[B].[H-].[Na+]. The van der Waals surface area contributed by atoms with Crippen molar-refractivity contribution in [2.45, 2.75) is 39.1 Å². The van der Waals surface area contributed by atoms with Crippen LogP contribution in [-0.2, 0) is 45.3 Å². The third-order valence-corrected chi connectivity index (χ3v) is 13.2. The Morgan fingerprint density at radius 1 is 0.627 bits per heavy atom. The van der Waals surface area contributed by atoms with Crippen molar-refractivity contribution in [3.8, 4) is 0 Å². The van der Waals surface area contributed by atoms with Crippen LogP contribution in [-0.4, -0.2) is 197 Å². The molecule has 9 heterocycles. The largest absolute Gasteiger partial charge is 1.00 e. The maximum Gasteiger partial charge on any atom is 1.00 e. The van der Waals surface area contributed by atoms with Gasteiger partial charge in [-0.05, 0) is 158 Å². The fraction of sp³-hybridized carbons (Fsp3) is 0.480. The normalized spacial score (nSPS) is 15.9. The number of aldehydes is 1. The number of aliphatic hydroxyl groups is 1. The third kappa shape index (κ3) is 35.8. The topological polar surface area (TPSA) is 209 Å². The number of nitrogens with one attached hydrogen (secondary N) is 1. The minimum Gasteiger partial charge on any atom is -1.00 e. The summed E-state index contributed by atoms with van der Waals surface area (Å²) in [5.41, 5.74) is 10.3. The number of hydrogen-bond acceptors (Lipinski definition) is 18. The number of nitrogens with two attached hydrogens (primary N) is 1. The smallest absolute Gasteiger partial charge is 1.00 e. The molecule has 3 radical (unpaired) electrons. The number of hydrogen-bond donors (Lipinski definition) is 3. The van der Waals surface area contributed by atoms with E-state index in [1.807, 2.05) is 24.4 Å². The predicted molar refractivity (Wildman–Crippen MR) is 310 cm³/mol. The Kier molecular flexibility index (Phi) is 39.5. The van der Waals surface area contributed by atoms with E-state index in [0.717, 1.165) is 133 Å². The molecule has 0 unspecified atom stereocenters. The van der Waals surface area contributed by atoms with E-state index in [9.17, 15) is 13.2 Å². The average Bonchev–Trinajstić information content (AvgIpc) is 3.99. The number of likely N-dealkylation sites (N-methyl/N-ethyl adjacent to an activating group) is 3. The van der Waals surface area contributed by atoms with Gasteiger partial charge in [0.1, 0.15) is 12.3 Å². The minimum atomic E-state index is -3.38. The second-order valence-electron chi connectivity index (χ2n) is 17.2. The Bertz CT molecular complexity index is 2260. The van der Waals surface area contributed by atoms with Crippen LogP contribution in [0.3, 0.4) is 0 Å². The first-order valence-electron chi connectivity index (χ1n) is 23.8. The Morgan fingerprint density at radius 2 is 1.03 bits per heavy atom. The zero-order valence-corrected chi connectivity index (χ0v) is 53.1. The van der Waals surface area contributed by atoms with Gasteiger partial charge in [0.15, 0.2) is 6.29 Å². The summed E-state index contributed by atoms with van der Waals surface area (Å²) in [4.78, 5) is 42.3. The number of anilines is 1. The van der Waals surface area contributed by atoms with E-state index in [1.54, 1.807) is 55.1 Å². The van der Waals surface area contributed by atoms with Gasteiger partial charge in [-0.2, -0.15) is 8.42 Å². The van der Waals surface area contributed by atoms with E-state index in [-0.39, 0.29) is 52.6 Å². The molecule has 4 fully saturated rings. The molecule has 9 rings (SSSR count). The summed E-state index contributed by atoms with van der Waals surface area (Å²) in [7, 11) is 3.11. The molecule has 0 spiro atoms. The number of aliphatic hydroxyl groups excluding tert-OH is 1. The molecule has 5 aromatic rings. The molecular weight excluding hydrogens is 1250 g/mol. The van der Waals surface area contributed by atoms with Gasteiger partial charge in [-0.15, -0.1) is 0 Å². The number of rotatable bonds is 9. The first kappa shape index (κ1) is 70.8. The zero-order chi connectivity index (χ0) is 53.3.